The molecule has 0 spiro atoms. The van der Waals surface area contributed by atoms with Crippen molar-refractivity contribution in [2.75, 3.05) is 24.7 Å². The van der Waals surface area contributed by atoms with Crippen molar-refractivity contribution in [1.29, 1.82) is 0 Å². The fourth-order valence-corrected chi connectivity index (χ4v) is 7.92. The number of hydrogen-bond donors (Lipinski definition) is 6. The van der Waals surface area contributed by atoms with Gasteiger partial charge in [-0.2, -0.15) is 0 Å². The Morgan fingerprint density at radius 3 is 1.25 bits per heavy atom. The third-order valence-electron chi connectivity index (χ3n) is 7.19. The van der Waals surface area contributed by atoms with E-state index in [1.54, 1.807) is 0 Å². The summed E-state index contributed by atoms with van der Waals surface area (Å²) in [6.07, 6.45) is -6.96. The number of aliphatic hydroxyl groups excluding tert-OH is 4. The van der Waals surface area contributed by atoms with E-state index >= 15 is 0 Å². The van der Waals surface area contributed by atoms with Gasteiger partial charge < -0.3 is 88.9 Å². The number of fused-ring (bicyclic) bond motifs is 2. The Labute approximate surface area is 438 Å². The molecule has 0 aliphatic carbocycles. The van der Waals surface area contributed by atoms with Crippen molar-refractivity contribution in [2.45, 2.75) is 49.1 Å². The number of imidazole rings is 2. The van der Waals surface area contributed by atoms with Crippen LogP contribution in [0.1, 0.15) is 12.5 Å². The molecule has 2 fully saturated rings. The molecule has 2 saturated heterocycles. The van der Waals surface area contributed by atoms with Crippen molar-refractivity contribution >= 4 is 212 Å². The number of nitrogen functional groups attached to an aromatic ring is 2. The van der Waals surface area contributed by atoms with Crippen LogP contribution < -0.4 is 40.8 Å². The number of rotatable bonds is 12. The quantitative estimate of drug-likeness (QED) is 0.0567. The first-order valence-corrected chi connectivity index (χ1v) is 20.1. The first-order chi connectivity index (χ1) is 25.0. The van der Waals surface area contributed by atoms with Gasteiger partial charge in [0, 0.05) is 0 Å². The van der Waals surface area contributed by atoms with Crippen molar-refractivity contribution in [3.8, 4) is 0 Å². The molecule has 2 aliphatic rings. The molecule has 30 nitrogen and oxygen atoms in total. The number of nitrogens with zero attached hydrogens (tertiary/aromatic N) is 8. The second-order valence-electron chi connectivity index (χ2n) is 10.8. The summed E-state index contributed by atoms with van der Waals surface area (Å²) in [7, 11) is -22.7. The number of nitrogens with two attached hydrogens (primary N) is 2. The topological polar surface area (TPSA) is 482 Å². The van der Waals surface area contributed by atoms with Crippen LogP contribution in [0.15, 0.2) is 25.3 Å². The number of hydrogen-bond acceptors (Lipinski definition) is 28. The van der Waals surface area contributed by atoms with Crippen molar-refractivity contribution in [2.24, 2.45) is 0 Å². The predicted molar refractivity (Wildman–Crippen MR) is 173 cm³/mol. The molecule has 0 aromatic carbocycles. The first kappa shape index (κ1) is 54.8. The maximum absolute atomic E-state index is 11.3. The minimum atomic E-state index is -5.85. The van der Waals surface area contributed by atoms with E-state index in [-0.39, 0.29) is 181 Å². The average Bonchev–Trinajstić information content (AvgIpc) is 3.80. The molecule has 0 amide bonds. The summed E-state index contributed by atoms with van der Waals surface area (Å²) >= 11 is 0. The SMILES string of the molecule is Nc1ncnc2c1ncn2[C@@H]1O[C@H](COP(=O)([O-])OP(=O)([O-])[O-])[C@@H](O)[C@H]1O.Nc1ncnc2c1ncn2[C@@H]1O[C@H](COP(=O)([O-])OP(=O)([O-])[O-])[C@@H](O)[C@H]1O.[Ba+2].[Ba+2].[Ba+2]. The van der Waals surface area contributed by atoms with Crippen molar-refractivity contribution in [3.63, 3.8) is 0 Å². The zero-order valence-electron chi connectivity index (χ0n) is 28.3. The Bertz CT molecular complexity index is 2030. The van der Waals surface area contributed by atoms with Crippen LogP contribution in [0.3, 0.4) is 0 Å². The van der Waals surface area contributed by atoms with Gasteiger partial charge in [-0.1, -0.05) is 0 Å². The van der Waals surface area contributed by atoms with Crippen LogP contribution in [-0.2, 0) is 45.4 Å². The summed E-state index contributed by atoms with van der Waals surface area (Å²) in [5.74, 6) is 0.131. The molecule has 2 unspecified atom stereocenters. The molecule has 8 N–H and O–H groups in total. The monoisotopic (exact) mass is 1260 g/mol. The molecular formula is C20H24Ba3N10O20P4. The van der Waals surface area contributed by atoms with Crippen molar-refractivity contribution in [1.82, 2.24) is 39.0 Å². The van der Waals surface area contributed by atoms with Gasteiger partial charge in [0.05, 0.1) is 41.5 Å². The molecule has 2 aliphatic heterocycles. The minimum Gasteiger partial charge on any atom is -0.790 e. The van der Waals surface area contributed by atoms with Crippen molar-refractivity contribution < 1.29 is 95.2 Å². The first-order valence-electron chi connectivity index (χ1n) is 14.2. The van der Waals surface area contributed by atoms with Gasteiger partial charge in [-0.25, -0.2) is 29.9 Å². The van der Waals surface area contributed by atoms with Crippen molar-refractivity contribution in [3.05, 3.63) is 25.3 Å². The van der Waals surface area contributed by atoms with Crippen LogP contribution in [0.4, 0.5) is 11.6 Å². The Morgan fingerprint density at radius 1 is 0.596 bits per heavy atom. The summed E-state index contributed by atoms with van der Waals surface area (Å²) < 4.78 is 71.5. The summed E-state index contributed by atoms with van der Waals surface area (Å²) in [6.45, 7) is -1.86. The Morgan fingerprint density at radius 2 is 0.930 bits per heavy atom. The number of ether oxygens (including phenoxy) is 2. The van der Waals surface area contributed by atoms with Crippen LogP contribution in [0.5, 0.6) is 0 Å². The molecule has 0 radical (unpaired) electrons. The van der Waals surface area contributed by atoms with E-state index in [2.05, 4.69) is 47.6 Å². The molecule has 4 aromatic rings. The van der Waals surface area contributed by atoms with E-state index in [1.807, 2.05) is 0 Å². The van der Waals surface area contributed by atoms with E-state index in [9.17, 15) is 68.0 Å². The predicted octanol–water partition coefficient (Wildman–Crippen LogP) is -8.43. The smallest absolute Gasteiger partial charge is 0.790 e. The normalized spacial score (nSPS) is 27.0. The third kappa shape index (κ3) is 14.3. The zero-order chi connectivity index (χ0) is 40.0. The van der Waals surface area contributed by atoms with E-state index in [0.717, 1.165) is 12.7 Å². The van der Waals surface area contributed by atoms with Crippen LogP contribution in [0, 0.1) is 0 Å². The van der Waals surface area contributed by atoms with Crippen LogP contribution >= 0.6 is 31.3 Å². The second-order valence-corrected chi connectivity index (χ2v) is 16.2. The van der Waals surface area contributed by atoms with Gasteiger partial charge in [0.2, 0.25) is 0 Å². The molecule has 57 heavy (non-hydrogen) atoms. The molecule has 6 heterocycles. The van der Waals surface area contributed by atoms with Crippen LogP contribution in [0.25, 0.3) is 22.3 Å². The summed E-state index contributed by atoms with van der Waals surface area (Å²) in [5, 5.41) is 40.4. The maximum Gasteiger partial charge on any atom is 2.00 e. The average molecular weight is 1260 g/mol. The maximum atomic E-state index is 11.3. The summed E-state index contributed by atoms with van der Waals surface area (Å²) in [4.78, 5) is 87.3. The van der Waals surface area contributed by atoms with E-state index in [1.165, 1.54) is 21.8 Å². The van der Waals surface area contributed by atoms with Crippen LogP contribution in [-0.4, -0.2) is 256 Å². The number of aromatic nitrogens is 8. The van der Waals surface area contributed by atoms with Gasteiger partial charge >= 0.3 is 147 Å². The van der Waals surface area contributed by atoms with Crippen LogP contribution in [0.2, 0.25) is 0 Å². The number of anilines is 2. The van der Waals surface area contributed by atoms with Gasteiger partial charge in [0.1, 0.15) is 60.3 Å². The molecule has 300 valence electrons. The van der Waals surface area contributed by atoms with Gasteiger partial charge in [0.15, 0.2) is 35.4 Å². The molecule has 0 saturated carbocycles. The fraction of sp³-hybridized carbons (Fsp3) is 0.500. The molecule has 37 heteroatoms. The molecule has 6 rings (SSSR count). The fourth-order valence-electron chi connectivity index (χ4n) is 4.93. The largest absolute Gasteiger partial charge is 2.00 e. The van der Waals surface area contributed by atoms with Gasteiger partial charge in [-0.05, 0) is 0 Å². The molecule has 10 atom stereocenters. The summed E-state index contributed by atoms with van der Waals surface area (Å²) in [6, 6.07) is 0. The Hall–Kier alpha value is 1.69. The van der Waals surface area contributed by atoms with Gasteiger partial charge in [-0.15, -0.1) is 0 Å². The van der Waals surface area contributed by atoms with E-state index in [0.29, 0.717) is 0 Å². The molecule has 4 aromatic heterocycles. The zero-order valence-corrected chi connectivity index (χ0v) is 45.2. The van der Waals surface area contributed by atoms with E-state index in [4.69, 9.17) is 20.9 Å². The van der Waals surface area contributed by atoms with Gasteiger partial charge in [-0.3, -0.25) is 26.9 Å². The standard InChI is InChI=1S/2C10H15N5O10P2.3Ba/c2*11-8-5-9(13-2-12-8)15(3-14-5)10-7(17)6(16)4(24-10)1-23-27(21,22)25-26(18,19)20;;;/h2*2-4,6-7,10,16-17H,1H2,(H,21,22)(H2,11,12,13)(H2,18,19,20);;;/q;;3*+2/p-6/t2*4-,6-,7-,10-;;;/m11.../s1. The van der Waals surface area contributed by atoms with E-state index < -0.39 is 93.6 Å². The third-order valence-corrected chi connectivity index (χ3v) is 11.3. The minimum absolute atomic E-state index is 0. The Kier molecular flexibility index (Phi) is 21.2. The Balaban J connectivity index is 0.000000374. The number of aliphatic hydroxyl groups is 4. The summed E-state index contributed by atoms with van der Waals surface area (Å²) in [5.41, 5.74) is 12.1. The molecular weight excluding hydrogens is 1240 g/mol. The molecule has 0 bridgehead atoms. The number of phosphoric acid groups is 4. The second kappa shape index (κ2) is 22.1. The van der Waals surface area contributed by atoms with Gasteiger partial charge in [0.25, 0.3) is 15.6 Å². The number of phosphoric ester groups is 2.